The van der Waals surface area contributed by atoms with Crippen molar-refractivity contribution in [3.05, 3.63) is 65.7 Å². The normalized spacial score (nSPS) is 12.1. The Balaban J connectivity index is 1.68. The molecule has 0 aliphatic rings. The first-order valence-electron chi connectivity index (χ1n) is 7.10. The third-order valence-corrected chi connectivity index (χ3v) is 5.42. The van der Waals surface area contributed by atoms with Gasteiger partial charge in [-0.2, -0.15) is 0 Å². The van der Waals surface area contributed by atoms with Gasteiger partial charge in [-0.05, 0) is 31.0 Å². The van der Waals surface area contributed by atoms with Gasteiger partial charge in [-0.15, -0.1) is 10.2 Å². The van der Waals surface area contributed by atoms with Crippen LogP contribution in [0.3, 0.4) is 0 Å². The first kappa shape index (κ1) is 15.1. The zero-order chi connectivity index (χ0) is 15.4. The first-order chi connectivity index (χ1) is 10.7. The van der Waals surface area contributed by atoms with Crippen LogP contribution in [-0.2, 0) is 0 Å². The zero-order valence-electron chi connectivity index (χ0n) is 12.5. The molecule has 3 aromatic rings. The predicted molar refractivity (Wildman–Crippen MR) is 95.1 cm³/mol. The van der Waals surface area contributed by atoms with Gasteiger partial charge in [0.05, 0.1) is 0 Å². The fraction of sp³-hybridized carbons (Fsp3) is 0.176. The van der Waals surface area contributed by atoms with Gasteiger partial charge in [-0.3, -0.25) is 0 Å². The van der Waals surface area contributed by atoms with Crippen molar-refractivity contribution in [2.75, 3.05) is 5.32 Å². The zero-order valence-corrected chi connectivity index (χ0v) is 14.1. The van der Waals surface area contributed by atoms with Crippen LogP contribution in [0.4, 0.5) is 10.8 Å². The number of para-hydroxylation sites is 1. The molecule has 1 heterocycles. The number of hydrogen-bond acceptors (Lipinski definition) is 5. The SMILES string of the molecule is Cc1ccccc1Nc1nnc(SC(C)c2ccccc2)s1. The Morgan fingerprint density at radius 1 is 1.00 bits per heavy atom. The number of rotatable bonds is 5. The summed E-state index contributed by atoms with van der Waals surface area (Å²) in [5.74, 6) is 0. The summed E-state index contributed by atoms with van der Waals surface area (Å²) in [5.41, 5.74) is 3.58. The first-order valence-corrected chi connectivity index (χ1v) is 8.80. The molecule has 0 amide bonds. The Labute approximate surface area is 138 Å². The summed E-state index contributed by atoms with van der Waals surface area (Å²) in [4.78, 5) is 0. The van der Waals surface area contributed by atoms with Crippen LogP contribution in [0.1, 0.15) is 23.3 Å². The summed E-state index contributed by atoms with van der Waals surface area (Å²) in [6, 6.07) is 18.6. The van der Waals surface area contributed by atoms with Gasteiger partial charge in [0.1, 0.15) is 0 Å². The van der Waals surface area contributed by atoms with E-state index in [1.54, 1.807) is 23.1 Å². The lowest BCUT2D eigenvalue weighted by molar-refractivity contribution is 1.00. The Morgan fingerprint density at radius 2 is 1.73 bits per heavy atom. The number of hydrogen-bond donors (Lipinski definition) is 1. The molecule has 1 unspecified atom stereocenters. The quantitative estimate of drug-likeness (QED) is 0.633. The monoisotopic (exact) mass is 327 g/mol. The Kier molecular flexibility index (Phi) is 4.75. The minimum Gasteiger partial charge on any atom is -0.330 e. The van der Waals surface area contributed by atoms with Crippen LogP contribution in [0.25, 0.3) is 0 Å². The molecule has 2 aromatic carbocycles. The number of aryl methyl sites for hydroxylation is 1. The van der Waals surface area contributed by atoms with Gasteiger partial charge >= 0.3 is 0 Å². The van der Waals surface area contributed by atoms with E-state index in [-0.39, 0.29) is 0 Å². The van der Waals surface area contributed by atoms with Gasteiger partial charge in [0.15, 0.2) is 4.34 Å². The van der Waals surface area contributed by atoms with Crippen molar-refractivity contribution >= 4 is 33.9 Å². The number of nitrogens with zero attached hydrogens (tertiary/aromatic N) is 2. The van der Waals surface area contributed by atoms with Gasteiger partial charge in [-0.25, -0.2) is 0 Å². The lowest BCUT2D eigenvalue weighted by Gasteiger charge is -2.08. The molecular formula is C17H17N3S2. The molecule has 1 aromatic heterocycles. The molecule has 0 saturated carbocycles. The maximum Gasteiger partial charge on any atom is 0.210 e. The Hall–Kier alpha value is -1.85. The second-order valence-corrected chi connectivity index (χ2v) is 7.55. The van der Waals surface area contributed by atoms with Crippen LogP contribution < -0.4 is 5.32 Å². The van der Waals surface area contributed by atoms with E-state index >= 15 is 0 Å². The number of anilines is 2. The molecule has 3 rings (SSSR count). The molecule has 5 heteroatoms. The lowest BCUT2D eigenvalue weighted by Crippen LogP contribution is -1.91. The molecule has 1 N–H and O–H groups in total. The summed E-state index contributed by atoms with van der Waals surface area (Å²) >= 11 is 3.33. The molecule has 0 fully saturated rings. The number of aromatic nitrogens is 2. The topological polar surface area (TPSA) is 37.8 Å². The average Bonchev–Trinajstić information content (AvgIpc) is 2.97. The van der Waals surface area contributed by atoms with Gasteiger partial charge < -0.3 is 5.32 Å². The molecule has 0 aliphatic carbocycles. The van der Waals surface area contributed by atoms with E-state index in [2.05, 4.69) is 65.8 Å². The van der Waals surface area contributed by atoms with Crippen LogP contribution in [0.2, 0.25) is 0 Å². The summed E-state index contributed by atoms with van der Waals surface area (Å²) in [6.45, 7) is 4.27. The summed E-state index contributed by atoms with van der Waals surface area (Å²) in [7, 11) is 0. The molecule has 0 saturated heterocycles. The van der Waals surface area contributed by atoms with Crippen LogP contribution >= 0.6 is 23.1 Å². The van der Waals surface area contributed by atoms with Gasteiger partial charge in [0.2, 0.25) is 5.13 Å². The van der Waals surface area contributed by atoms with Crippen LogP contribution in [0.15, 0.2) is 58.9 Å². The molecule has 1 atom stereocenters. The average molecular weight is 327 g/mol. The minimum atomic E-state index is 0.362. The van der Waals surface area contributed by atoms with Crippen molar-refractivity contribution in [1.29, 1.82) is 0 Å². The Bertz CT molecular complexity index is 740. The second-order valence-electron chi connectivity index (χ2n) is 4.98. The fourth-order valence-electron chi connectivity index (χ4n) is 2.08. The predicted octanol–water partition coefficient (Wildman–Crippen LogP) is 5.44. The number of benzene rings is 2. The molecule has 0 bridgehead atoms. The summed E-state index contributed by atoms with van der Waals surface area (Å²) in [5, 5.41) is 13.0. The van der Waals surface area contributed by atoms with Gasteiger partial charge in [-0.1, -0.05) is 71.6 Å². The van der Waals surface area contributed by atoms with Crippen molar-refractivity contribution in [3.8, 4) is 0 Å². The molecular weight excluding hydrogens is 310 g/mol. The van der Waals surface area contributed by atoms with E-state index in [1.165, 1.54) is 11.1 Å². The van der Waals surface area contributed by atoms with Crippen molar-refractivity contribution in [2.45, 2.75) is 23.4 Å². The van der Waals surface area contributed by atoms with Crippen molar-refractivity contribution in [2.24, 2.45) is 0 Å². The van der Waals surface area contributed by atoms with E-state index in [0.29, 0.717) is 5.25 Å². The molecule has 3 nitrogen and oxygen atoms in total. The van der Waals surface area contributed by atoms with Crippen molar-refractivity contribution in [1.82, 2.24) is 10.2 Å². The molecule has 0 spiro atoms. The lowest BCUT2D eigenvalue weighted by atomic mass is 10.2. The summed E-state index contributed by atoms with van der Waals surface area (Å²) in [6.07, 6.45) is 0. The van der Waals surface area contributed by atoms with Gasteiger partial charge in [0, 0.05) is 10.9 Å². The van der Waals surface area contributed by atoms with E-state index in [0.717, 1.165) is 15.2 Å². The van der Waals surface area contributed by atoms with Crippen LogP contribution in [0, 0.1) is 6.92 Å². The molecule has 0 radical (unpaired) electrons. The van der Waals surface area contributed by atoms with E-state index < -0.39 is 0 Å². The van der Waals surface area contributed by atoms with E-state index in [1.807, 2.05) is 18.2 Å². The maximum atomic E-state index is 4.28. The Morgan fingerprint density at radius 3 is 2.50 bits per heavy atom. The standard InChI is InChI=1S/C17H17N3S2/c1-12-8-6-7-11-15(12)18-16-19-20-17(22-16)21-13(2)14-9-4-3-5-10-14/h3-11,13H,1-2H3,(H,18,19). The highest BCUT2D eigenvalue weighted by Gasteiger charge is 2.12. The third-order valence-electron chi connectivity index (χ3n) is 3.34. The highest BCUT2D eigenvalue weighted by molar-refractivity contribution is 8.01. The fourth-order valence-corrected chi connectivity index (χ4v) is 4.12. The van der Waals surface area contributed by atoms with Crippen molar-refractivity contribution in [3.63, 3.8) is 0 Å². The van der Waals surface area contributed by atoms with Crippen LogP contribution in [-0.4, -0.2) is 10.2 Å². The summed E-state index contributed by atoms with van der Waals surface area (Å²) < 4.78 is 0.979. The smallest absolute Gasteiger partial charge is 0.210 e. The minimum absolute atomic E-state index is 0.362. The maximum absolute atomic E-state index is 4.28. The van der Waals surface area contributed by atoms with E-state index in [4.69, 9.17) is 0 Å². The highest BCUT2D eigenvalue weighted by atomic mass is 32.2. The molecule has 112 valence electrons. The highest BCUT2D eigenvalue weighted by Crippen LogP contribution is 2.37. The number of nitrogens with one attached hydrogen (secondary N) is 1. The number of thioether (sulfide) groups is 1. The molecule has 0 aliphatic heterocycles. The van der Waals surface area contributed by atoms with E-state index in [9.17, 15) is 0 Å². The van der Waals surface area contributed by atoms with Crippen molar-refractivity contribution < 1.29 is 0 Å². The largest absolute Gasteiger partial charge is 0.330 e. The third kappa shape index (κ3) is 3.67. The van der Waals surface area contributed by atoms with Crippen LogP contribution in [0.5, 0.6) is 0 Å². The van der Waals surface area contributed by atoms with Gasteiger partial charge in [0.25, 0.3) is 0 Å². The molecule has 22 heavy (non-hydrogen) atoms. The second kappa shape index (κ2) is 6.94.